The predicted octanol–water partition coefficient (Wildman–Crippen LogP) is 1.70. The number of para-hydroxylation sites is 2. The number of hydrogen-bond donors (Lipinski definition) is 4. The van der Waals surface area contributed by atoms with Crippen LogP contribution in [0, 0.1) is 0 Å². The maximum Gasteiger partial charge on any atom is 0.215 e. The molecule has 4 aromatic rings. The second-order valence-electron chi connectivity index (χ2n) is 9.07. The first-order valence-electron chi connectivity index (χ1n) is 12.1. The van der Waals surface area contributed by atoms with E-state index in [-0.39, 0.29) is 0 Å². The molecule has 0 spiro atoms. The van der Waals surface area contributed by atoms with Crippen molar-refractivity contribution in [3.8, 4) is 0 Å². The van der Waals surface area contributed by atoms with Crippen molar-refractivity contribution < 1.29 is 20.6 Å². The van der Waals surface area contributed by atoms with Crippen molar-refractivity contribution in [2.75, 3.05) is 0 Å². The zero-order valence-electron chi connectivity index (χ0n) is 19.9. The van der Waals surface area contributed by atoms with E-state index in [0.29, 0.717) is 0 Å². The number of hydrogen-bond acceptors (Lipinski definition) is 0. The average Bonchev–Trinajstić information content (AvgIpc) is 2.93. The Morgan fingerprint density at radius 3 is 1.28 bits per heavy atom. The zero-order chi connectivity index (χ0) is 24.5. The molecule has 2 unspecified atom stereocenters. The third-order valence-corrected chi connectivity index (χ3v) is 6.83. The van der Waals surface area contributed by atoms with Crippen LogP contribution in [0.3, 0.4) is 0 Å². The third kappa shape index (κ3) is 4.05. The predicted molar refractivity (Wildman–Crippen MR) is 146 cm³/mol. The monoisotopic (exact) mass is 468 g/mol. The van der Waals surface area contributed by atoms with Gasteiger partial charge < -0.3 is 0 Å². The van der Waals surface area contributed by atoms with Crippen LogP contribution in [0.15, 0.2) is 122 Å². The van der Waals surface area contributed by atoms with Crippen LogP contribution in [0.2, 0.25) is 0 Å². The minimum Gasteiger partial charge on any atom is -0.253 e. The van der Waals surface area contributed by atoms with Gasteiger partial charge >= 0.3 is 0 Å². The summed E-state index contributed by atoms with van der Waals surface area (Å²) in [6, 6.07) is 33.9. The lowest BCUT2D eigenvalue weighted by atomic mass is 10.0. The van der Waals surface area contributed by atoms with Crippen molar-refractivity contribution in [2.45, 2.75) is 0 Å². The molecule has 0 radical (unpaired) electrons. The Morgan fingerprint density at radius 2 is 0.861 bits per heavy atom. The van der Waals surface area contributed by atoms with Crippen LogP contribution < -0.4 is 20.6 Å². The van der Waals surface area contributed by atoms with Crippen molar-refractivity contribution in [1.29, 1.82) is 0 Å². The summed E-state index contributed by atoms with van der Waals surface area (Å²) in [5.74, 6) is 0. The van der Waals surface area contributed by atoms with Crippen LogP contribution in [0.1, 0.15) is 22.3 Å². The Hall–Kier alpha value is -4.64. The molecule has 0 fully saturated rings. The molecule has 0 aliphatic carbocycles. The lowest BCUT2D eigenvalue weighted by Gasteiger charge is -2.19. The summed E-state index contributed by atoms with van der Waals surface area (Å²) in [7, 11) is 0. The molecule has 2 heterocycles. The lowest BCUT2D eigenvalue weighted by molar-refractivity contribution is -0.698. The van der Waals surface area contributed by atoms with Crippen molar-refractivity contribution in [3.63, 3.8) is 0 Å². The first-order valence-corrected chi connectivity index (χ1v) is 12.1. The van der Waals surface area contributed by atoms with Gasteiger partial charge in [0.25, 0.3) is 0 Å². The van der Waals surface area contributed by atoms with Gasteiger partial charge in [-0.3, -0.25) is 10.8 Å². The quantitative estimate of drug-likeness (QED) is 0.330. The van der Waals surface area contributed by atoms with Crippen molar-refractivity contribution >= 4 is 46.3 Å². The molecule has 2 atom stereocenters. The second-order valence-corrected chi connectivity index (χ2v) is 9.07. The molecule has 0 aromatic heterocycles. The highest BCUT2D eigenvalue weighted by Gasteiger charge is 2.26. The molecule has 0 amide bonds. The Balaban J connectivity index is 1.18. The number of nitrogens with one attached hydrogen (secondary N) is 2. The van der Waals surface area contributed by atoms with E-state index in [1.54, 1.807) is 0 Å². The van der Waals surface area contributed by atoms with Crippen molar-refractivity contribution in [2.24, 2.45) is 0 Å². The summed E-state index contributed by atoms with van der Waals surface area (Å²) in [6.45, 7) is 0. The molecule has 2 aliphatic heterocycles. The SMILES string of the molecule is [NH2+]=C1C=C[NH+](c2ccc(/C=C/c3ccc([NH+]4C=CC(=[NH2+])c5ccccc54)cc3)cc2)c2ccccc21. The summed E-state index contributed by atoms with van der Waals surface area (Å²) in [5.41, 5.74) is 10.8. The fourth-order valence-electron chi connectivity index (χ4n) is 4.89. The van der Waals surface area contributed by atoms with E-state index in [0.717, 1.165) is 33.7 Å². The molecule has 0 bridgehead atoms. The number of benzene rings is 4. The molecule has 36 heavy (non-hydrogen) atoms. The number of nitrogens with two attached hydrogens (primary N) is 2. The number of quaternary nitrogens is 2. The minimum absolute atomic E-state index is 0.810. The topological polar surface area (TPSA) is 60.1 Å². The van der Waals surface area contributed by atoms with Crippen molar-refractivity contribution in [1.82, 2.24) is 0 Å². The molecule has 2 aliphatic rings. The number of fused-ring (bicyclic) bond motifs is 2. The molecular formula is C32H28N4+4. The molecular weight excluding hydrogens is 440 g/mol. The van der Waals surface area contributed by atoms with Gasteiger partial charge in [0.2, 0.25) is 11.4 Å². The van der Waals surface area contributed by atoms with E-state index in [4.69, 9.17) is 10.8 Å². The van der Waals surface area contributed by atoms with E-state index >= 15 is 0 Å². The van der Waals surface area contributed by atoms with Gasteiger partial charge in [-0.1, -0.05) is 36.4 Å². The summed E-state index contributed by atoms with van der Waals surface area (Å²) in [6.07, 6.45) is 12.5. The molecule has 0 saturated heterocycles. The van der Waals surface area contributed by atoms with E-state index < -0.39 is 0 Å². The highest BCUT2D eigenvalue weighted by Crippen LogP contribution is 2.20. The highest BCUT2D eigenvalue weighted by atomic mass is 15.1. The second kappa shape index (κ2) is 9.19. The van der Waals surface area contributed by atoms with Gasteiger partial charge in [0.05, 0.1) is 12.2 Å². The Kier molecular flexibility index (Phi) is 5.58. The number of allylic oxidation sites excluding steroid dienone is 2. The van der Waals surface area contributed by atoms with E-state index in [9.17, 15) is 0 Å². The fourth-order valence-corrected chi connectivity index (χ4v) is 4.89. The summed E-state index contributed by atoms with van der Waals surface area (Å²) in [5, 5.41) is 12.4. The first kappa shape index (κ1) is 21.9. The first-order chi connectivity index (χ1) is 17.7. The van der Waals surface area contributed by atoms with Gasteiger partial charge in [-0.25, -0.2) is 9.80 Å². The molecule has 4 heteroatoms. The Morgan fingerprint density at radius 1 is 0.472 bits per heavy atom. The van der Waals surface area contributed by atoms with Crippen LogP contribution in [0.5, 0.6) is 0 Å². The molecule has 4 aromatic carbocycles. The van der Waals surface area contributed by atoms with Gasteiger partial charge in [-0.05, 0) is 47.5 Å². The van der Waals surface area contributed by atoms with Crippen LogP contribution in [-0.2, 0) is 0 Å². The van der Waals surface area contributed by atoms with Crippen LogP contribution >= 0.6 is 0 Å². The standard InChI is InChI=1S/C32H24N4/c33-29-19-21-35(31-7-3-1-5-27(29)31)25-15-11-23(12-16-25)9-10-24-13-17-26(18-14-24)36-22-20-30(34)28-6-2-4-8-32(28)36/h1-22,33-34H/p+4/b10-9+,33-29?,34-30?. The van der Waals surface area contributed by atoms with Gasteiger partial charge in [-0.2, -0.15) is 0 Å². The van der Waals surface area contributed by atoms with Gasteiger partial charge in [-0.15, -0.1) is 0 Å². The van der Waals surface area contributed by atoms with Gasteiger partial charge in [0, 0.05) is 36.4 Å². The average molecular weight is 469 g/mol. The largest absolute Gasteiger partial charge is 0.253 e. The smallest absolute Gasteiger partial charge is 0.215 e. The summed E-state index contributed by atoms with van der Waals surface area (Å²) >= 11 is 0. The van der Waals surface area contributed by atoms with Crippen LogP contribution in [-0.4, -0.2) is 11.4 Å². The normalized spacial score (nSPS) is 18.3. The third-order valence-electron chi connectivity index (χ3n) is 6.83. The summed E-state index contributed by atoms with van der Waals surface area (Å²) in [4.78, 5) is 2.39. The summed E-state index contributed by atoms with van der Waals surface area (Å²) < 4.78 is 0. The Labute approximate surface area is 210 Å². The van der Waals surface area contributed by atoms with Crippen molar-refractivity contribution in [3.05, 3.63) is 144 Å². The fraction of sp³-hybridized carbons (Fsp3) is 0. The maximum absolute atomic E-state index is 6.18. The molecule has 6 N–H and O–H groups in total. The van der Waals surface area contributed by atoms with Gasteiger partial charge in [0.1, 0.15) is 34.9 Å². The van der Waals surface area contributed by atoms with Crippen LogP contribution in [0.4, 0.5) is 22.7 Å². The van der Waals surface area contributed by atoms with E-state index in [1.807, 2.05) is 24.3 Å². The maximum atomic E-state index is 6.18. The van der Waals surface area contributed by atoms with Crippen LogP contribution in [0.25, 0.3) is 12.2 Å². The van der Waals surface area contributed by atoms with E-state index in [1.165, 1.54) is 32.5 Å². The molecule has 6 rings (SSSR count). The molecule has 172 valence electrons. The molecule has 0 saturated carbocycles. The molecule has 4 nitrogen and oxygen atoms in total. The van der Waals surface area contributed by atoms with Gasteiger partial charge in [0.15, 0.2) is 11.4 Å². The van der Waals surface area contributed by atoms with E-state index in [2.05, 4.69) is 109 Å². The number of rotatable bonds is 4. The Bertz CT molecular complexity index is 1440. The minimum atomic E-state index is 0.810. The zero-order valence-corrected chi connectivity index (χ0v) is 19.9. The highest BCUT2D eigenvalue weighted by molar-refractivity contribution is 6.08. The lowest BCUT2D eigenvalue weighted by Crippen LogP contribution is -2.98.